The van der Waals surface area contributed by atoms with Gasteiger partial charge in [-0.1, -0.05) is 54.6 Å². The van der Waals surface area contributed by atoms with Crippen LogP contribution in [0.15, 0.2) is 83.8 Å². The van der Waals surface area contributed by atoms with Crippen molar-refractivity contribution in [3.8, 4) is 11.1 Å². The number of rotatable bonds is 6. The van der Waals surface area contributed by atoms with Gasteiger partial charge >= 0.3 is 5.97 Å². The molecule has 0 radical (unpaired) electrons. The molecule has 0 fully saturated rings. The minimum absolute atomic E-state index is 0.215. The minimum atomic E-state index is -0.399. The van der Waals surface area contributed by atoms with E-state index in [-0.39, 0.29) is 11.9 Å². The number of nitrogens with one attached hydrogen (secondary N) is 1. The highest BCUT2D eigenvalue weighted by molar-refractivity contribution is 8.00. The molecule has 28 heavy (non-hydrogen) atoms. The van der Waals surface area contributed by atoms with E-state index >= 15 is 0 Å². The molecule has 0 bridgehead atoms. The highest BCUT2D eigenvalue weighted by atomic mass is 32.2. The standard InChI is InChI=1S/C23H21NO3S/c1-16(23(26)27-2)28-21-11-7-6-10-20(21)22(25)24-19-14-12-18(13-15-19)17-8-4-3-5-9-17/h3-16H,1-2H3,(H,24,25). The molecular formula is C23H21NO3S. The maximum absolute atomic E-state index is 12.8. The molecule has 0 aromatic heterocycles. The summed E-state index contributed by atoms with van der Waals surface area (Å²) in [6.45, 7) is 1.76. The van der Waals surface area contributed by atoms with E-state index in [1.807, 2.05) is 66.7 Å². The second kappa shape index (κ2) is 9.24. The van der Waals surface area contributed by atoms with Crippen molar-refractivity contribution in [3.63, 3.8) is 0 Å². The lowest BCUT2D eigenvalue weighted by molar-refractivity contribution is -0.139. The first kappa shape index (κ1) is 19.7. The van der Waals surface area contributed by atoms with Crippen LogP contribution in [-0.2, 0) is 9.53 Å². The zero-order valence-corrected chi connectivity index (χ0v) is 16.5. The average Bonchev–Trinajstić information content (AvgIpc) is 2.74. The summed E-state index contributed by atoms with van der Waals surface area (Å²) in [5, 5.41) is 2.53. The first-order valence-electron chi connectivity index (χ1n) is 8.89. The Morgan fingerprint density at radius 3 is 2.14 bits per heavy atom. The molecule has 0 heterocycles. The third-order valence-electron chi connectivity index (χ3n) is 4.22. The Labute approximate surface area is 168 Å². The number of thioether (sulfide) groups is 1. The number of amides is 1. The Hall–Kier alpha value is -3.05. The van der Waals surface area contributed by atoms with Gasteiger partial charge in [0.05, 0.1) is 12.7 Å². The number of methoxy groups -OCH3 is 1. The Morgan fingerprint density at radius 2 is 1.46 bits per heavy atom. The van der Waals surface area contributed by atoms with Crippen LogP contribution in [-0.4, -0.2) is 24.2 Å². The Bertz CT molecular complexity index is 955. The number of anilines is 1. The lowest BCUT2D eigenvalue weighted by Gasteiger charge is -2.13. The van der Waals surface area contributed by atoms with Gasteiger partial charge in [0.2, 0.25) is 0 Å². The van der Waals surface area contributed by atoms with E-state index in [9.17, 15) is 9.59 Å². The van der Waals surface area contributed by atoms with E-state index in [2.05, 4.69) is 5.32 Å². The van der Waals surface area contributed by atoms with Crippen molar-refractivity contribution in [1.82, 2.24) is 0 Å². The summed E-state index contributed by atoms with van der Waals surface area (Å²) < 4.78 is 4.77. The minimum Gasteiger partial charge on any atom is -0.468 e. The van der Waals surface area contributed by atoms with Gasteiger partial charge in [0.1, 0.15) is 5.25 Å². The third kappa shape index (κ3) is 4.81. The molecule has 0 spiro atoms. The number of carbonyl (C=O) groups is 2. The van der Waals surface area contributed by atoms with Gasteiger partial charge in [0.25, 0.3) is 5.91 Å². The van der Waals surface area contributed by atoms with Crippen molar-refractivity contribution in [2.45, 2.75) is 17.1 Å². The van der Waals surface area contributed by atoms with Crippen LogP contribution >= 0.6 is 11.8 Å². The van der Waals surface area contributed by atoms with Crippen molar-refractivity contribution in [3.05, 3.63) is 84.4 Å². The highest BCUT2D eigenvalue weighted by Gasteiger charge is 2.19. The van der Waals surface area contributed by atoms with Crippen molar-refractivity contribution in [1.29, 1.82) is 0 Å². The van der Waals surface area contributed by atoms with Crippen LogP contribution in [0.2, 0.25) is 0 Å². The smallest absolute Gasteiger partial charge is 0.318 e. The second-order valence-corrected chi connectivity index (χ2v) is 7.56. The van der Waals surface area contributed by atoms with Crippen molar-refractivity contribution >= 4 is 29.3 Å². The predicted octanol–water partition coefficient (Wildman–Crippen LogP) is 5.26. The molecular weight excluding hydrogens is 370 g/mol. The zero-order valence-electron chi connectivity index (χ0n) is 15.7. The molecule has 1 amide bonds. The van der Waals surface area contributed by atoms with E-state index in [0.717, 1.165) is 16.0 Å². The second-order valence-electron chi connectivity index (χ2n) is 6.18. The summed E-state index contributed by atoms with van der Waals surface area (Å²) in [6, 6.07) is 25.0. The normalized spacial score (nSPS) is 11.5. The molecule has 3 aromatic carbocycles. The molecule has 0 saturated heterocycles. The predicted molar refractivity (Wildman–Crippen MR) is 114 cm³/mol. The molecule has 5 heteroatoms. The number of hydrogen-bond acceptors (Lipinski definition) is 4. The molecule has 0 aliphatic rings. The first-order valence-corrected chi connectivity index (χ1v) is 9.77. The van der Waals surface area contributed by atoms with E-state index in [0.29, 0.717) is 11.3 Å². The van der Waals surface area contributed by atoms with Gasteiger partial charge in [-0.2, -0.15) is 0 Å². The Kier molecular flexibility index (Phi) is 6.50. The summed E-state index contributed by atoms with van der Waals surface area (Å²) in [6.07, 6.45) is 0. The monoisotopic (exact) mass is 391 g/mol. The van der Waals surface area contributed by atoms with Crippen molar-refractivity contribution in [2.24, 2.45) is 0 Å². The SMILES string of the molecule is COC(=O)C(C)Sc1ccccc1C(=O)Nc1ccc(-c2ccccc2)cc1. The van der Waals surface area contributed by atoms with Crippen LogP contribution in [0.3, 0.4) is 0 Å². The first-order chi connectivity index (χ1) is 13.6. The van der Waals surface area contributed by atoms with Crippen LogP contribution in [0, 0.1) is 0 Å². The van der Waals surface area contributed by atoms with Gasteiger partial charge in [-0.15, -0.1) is 11.8 Å². The van der Waals surface area contributed by atoms with Gasteiger partial charge in [-0.3, -0.25) is 9.59 Å². The van der Waals surface area contributed by atoms with Crippen LogP contribution in [0.4, 0.5) is 5.69 Å². The fourth-order valence-corrected chi connectivity index (χ4v) is 3.75. The lowest BCUT2D eigenvalue weighted by atomic mass is 10.1. The van der Waals surface area contributed by atoms with Gasteiger partial charge in [0.15, 0.2) is 0 Å². The summed E-state index contributed by atoms with van der Waals surface area (Å²) in [5.41, 5.74) is 3.45. The van der Waals surface area contributed by atoms with E-state index in [1.54, 1.807) is 19.1 Å². The molecule has 0 aliphatic carbocycles. The number of ether oxygens (including phenoxy) is 1. The van der Waals surface area contributed by atoms with Crippen LogP contribution in [0.5, 0.6) is 0 Å². The molecule has 1 N–H and O–H groups in total. The fraction of sp³-hybridized carbons (Fsp3) is 0.130. The van der Waals surface area contributed by atoms with Gasteiger partial charge in [-0.25, -0.2) is 0 Å². The number of carbonyl (C=O) groups excluding carboxylic acids is 2. The number of esters is 1. The molecule has 142 valence electrons. The topological polar surface area (TPSA) is 55.4 Å². The molecule has 3 rings (SSSR count). The van der Waals surface area contributed by atoms with Crippen molar-refractivity contribution in [2.75, 3.05) is 12.4 Å². The molecule has 4 nitrogen and oxygen atoms in total. The molecule has 1 unspecified atom stereocenters. The van der Waals surface area contributed by atoms with Crippen molar-refractivity contribution < 1.29 is 14.3 Å². The zero-order chi connectivity index (χ0) is 19.9. The average molecular weight is 391 g/mol. The Morgan fingerprint density at radius 1 is 0.857 bits per heavy atom. The van der Waals surface area contributed by atoms with E-state index < -0.39 is 5.25 Å². The number of hydrogen-bond donors (Lipinski definition) is 1. The largest absolute Gasteiger partial charge is 0.468 e. The maximum Gasteiger partial charge on any atom is 0.318 e. The lowest BCUT2D eigenvalue weighted by Crippen LogP contribution is -2.17. The Balaban J connectivity index is 1.74. The van der Waals surface area contributed by atoms with Crippen LogP contribution in [0.1, 0.15) is 17.3 Å². The maximum atomic E-state index is 12.8. The highest BCUT2D eigenvalue weighted by Crippen LogP contribution is 2.28. The van der Waals surface area contributed by atoms with Gasteiger partial charge < -0.3 is 10.1 Å². The molecule has 1 atom stereocenters. The van der Waals surface area contributed by atoms with Crippen LogP contribution in [0.25, 0.3) is 11.1 Å². The fourth-order valence-electron chi connectivity index (χ4n) is 2.74. The van der Waals surface area contributed by atoms with E-state index in [1.165, 1.54) is 18.9 Å². The summed E-state index contributed by atoms with van der Waals surface area (Å²) >= 11 is 1.31. The molecule has 3 aromatic rings. The molecule has 0 saturated carbocycles. The quantitative estimate of drug-likeness (QED) is 0.460. The molecule has 0 aliphatic heterocycles. The number of benzene rings is 3. The van der Waals surface area contributed by atoms with Crippen LogP contribution < -0.4 is 5.32 Å². The van der Waals surface area contributed by atoms with Gasteiger partial charge in [-0.05, 0) is 42.3 Å². The van der Waals surface area contributed by atoms with E-state index in [4.69, 9.17) is 4.74 Å². The third-order valence-corrected chi connectivity index (χ3v) is 5.37. The summed E-state index contributed by atoms with van der Waals surface area (Å²) in [7, 11) is 1.36. The summed E-state index contributed by atoms with van der Waals surface area (Å²) in [4.78, 5) is 25.2. The van der Waals surface area contributed by atoms with Gasteiger partial charge in [0, 0.05) is 10.6 Å². The summed E-state index contributed by atoms with van der Waals surface area (Å²) in [5.74, 6) is -0.538.